The Morgan fingerprint density at radius 3 is 1.30 bits per heavy atom. The summed E-state index contributed by atoms with van der Waals surface area (Å²) in [6.45, 7) is 13.4. The second-order valence-electron chi connectivity index (χ2n) is 8.96. The van der Waals surface area contributed by atoms with E-state index >= 15 is 0 Å². The maximum Gasteiger partial charge on any atom is 0.000955 e. The molecule has 1 nitrogen and oxygen atoms in total. The van der Waals surface area contributed by atoms with Crippen molar-refractivity contribution in [3.8, 4) is 0 Å². The van der Waals surface area contributed by atoms with Crippen molar-refractivity contribution in [1.82, 2.24) is 4.90 Å². The summed E-state index contributed by atoms with van der Waals surface area (Å²) in [5.41, 5.74) is 0. The summed E-state index contributed by atoms with van der Waals surface area (Å²) in [5, 5.41) is 0. The van der Waals surface area contributed by atoms with E-state index in [4.69, 9.17) is 0 Å². The Bertz CT molecular complexity index is 263. The molecule has 0 saturated heterocycles. The summed E-state index contributed by atoms with van der Waals surface area (Å²) in [6, 6.07) is 0. The van der Waals surface area contributed by atoms with Gasteiger partial charge in [0.2, 0.25) is 0 Å². The lowest BCUT2D eigenvalue weighted by Gasteiger charge is -2.27. The quantitative estimate of drug-likeness (QED) is 0.169. The van der Waals surface area contributed by atoms with Crippen molar-refractivity contribution in [3.63, 3.8) is 0 Å². The van der Waals surface area contributed by atoms with E-state index in [1.165, 1.54) is 135 Å². The molecule has 0 bridgehead atoms. The third-order valence-electron chi connectivity index (χ3n) is 6.22. The van der Waals surface area contributed by atoms with Gasteiger partial charge in [-0.2, -0.15) is 0 Å². The highest BCUT2D eigenvalue weighted by atomic mass is 15.1. The maximum absolute atomic E-state index is 2.83. The van der Waals surface area contributed by atoms with Crippen LogP contribution in [0.15, 0.2) is 0 Å². The van der Waals surface area contributed by atoms with Gasteiger partial charge in [-0.05, 0) is 38.3 Å². The Balaban J connectivity index is 4.03. The fraction of sp³-hybridized carbons (Fsp3) is 1.00. The largest absolute Gasteiger partial charge is 0.303 e. The molecule has 1 atom stereocenters. The van der Waals surface area contributed by atoms with Crippen LogP contribution in [0.4, 0.5) is 0 Å². The van der Waals surface area contributed by atoms with Crippen LogP contribution in [0.3, 0.4) is 0 Å². The topological polar surface area (TPSA) is 3.24 Å². The summed E-state index contributed by atoms with van der Waals surface area (Å²) < 4.78 is 0. The molecule has 27 heavy (non-hydrogen) atoms. The van der Waals surface area contributed by atoms with Gasteiger partial charge in [0, 0.05) is 6.54 Å². The van der Waals surface area contributed by atoms with E-state index < -0.39 is 0 Å². The van der Waals surface area contributed by atoms with Crippen molar-refractivity contribution < 1.29 is 0 Å². The molecule has 0 saturated carbocycles. The van der Waals surface area contributed by atoms with Gasteiger partial charge in [-0.15, -0.1) is 0 Å². The molecule has 0 amide bonds. The van der Waals surface area contributed by atoms with Crippen molar-refractivity contribution in [2.24, 2.45) is 5.92 Å². The number of hydrogen-bond donors (Lipinski definition) is 0. The standard InChI is InChI=1S/C26H55N/c1-5-9-12-14-16-17-19-21-24-27(23-20-18-15-13-10-6-2)25-26(8-4)22-11-7-3/h26H,5-25H2,1-4H3. The Morgan fingerprint density at radius 2 is 0.889 bits per heavy atom. The third kappa shape index (κ3) is 19.1. The molecule has 1 unspecified atom stereocenters. The lowest BCUT2D eigenvalue weighted by molar-refractivity contribution is 0.210. The van der Waals surface area contributed by atoms with Crippen molar-refractivity contribution >= 4 is 0 Å². The van der Waals surface area contributed by atoms with Crippen LogP contribution in [0.1, 0.15) is 143 Å². The van der Waals surface area contributed by atoms with Gasteiger partial charge in [-0.1, -0.05) is 124 Å². The van der Waals surface area contributed by atoms with E-state index in [0.29, 0.717) is 0 Å². The van der Waals surface area contributed by atoms with E-state index in [1.54, 1.807) is 0 Å². The van der Waals surface area contributed by atoms with Gasteiger partial charge in [0.25, 0.3) is 0 Å². The molecular weight excluding hydrogens is 326 g/mol. The first-order valence-corrected chi connectivity index (χ1v) is 13.0. The fourth-order valence-electron chi connectivity index (χ4n) is 4.16. The van der Waals surface area contributed by atoms with Crippen LogP contribution >= 0.6 is 0 Å². The highest BCUT2D eigenvalue weighted by molar-refractivity contribution is 4.66. The molecule has 0 N–H and O–H groups in total. The van der Waals surface area contributed by atoms with E-state index in [2.05, 4.69) is 32.6 Å². The minimum Gasteiger partial charge on any atom is -0.303 e. The molecule has 0 rings (SSSR count). The zero-order valence-electron chi connectivity index (χ0n) is 19.9. The van der Waals surface area contributed by atoms with Crippen LogP contribution in [0.25, 0.3) is 0 Å². The highest BCUT2D eigenvalue weighted by Crippen LogP contribution is 2.16. The van der Waals surface area contributed by atoms with Crippen molar-refractivity contribution in [1.29, 1.82) is 0 Å². The second kappa shape index (κ2) is 22.3. The van der Waals surface area contributed by atoms with Crippen LogP contribution in [0.5, 0.6) is 0 Å². The molecule has 0 aromatic heterocycles. The lowest BCUT2D eigenvalue weighted by atomic mass is 9.98. The summed E-state index contributed by atoms with van der Waals surface area (Å²) in [7, 11) is 0. The molecule has 0 heterocycles. The van der Waals surface area contributed by atoms with E-state index in [1.807, 2.05) is 0 Å². The van der Waals surface area contributed by atoms with Gasteiger partial charge in [0.05, 0.1) is 0 Å². The van der Waals surface area contributed by atoms with Crippen LogP contribution in [0, 0.1) is 5.92 Å². The minimum atomic E-state index is 0.930. The number of nitrogens with zero attached hydrogens (tertiary/aromatic N) is 1. The van der Waals surface area contributed by atoms with Gasteiger partial charge >= 0.3 is 0 Å². The molecule has 0 spiro atoms. The lowest BCUT2D eigenvalue weighted by Crippen LogP contribution is -2.31. The first-order chi connectivity index (χ1) is 13.3. The van der Waals surface area contributed by atoms with Crippen LogP contribution in [0.2, 0.25) is 0 Å². The summed E-state index contributed by atoms with van der Waals surface area (Å²) in [6.07, 6.45) is 25.6. The van der Waals surface area contributed by atoms with Gasteiger partial charge in [-0.25, -0.2) is 0 Å². The van der Waals surface area contributed by atoms with Crippen molar-refractivity contribution in [2.45, 2.75) is 143 Å². The number of rotatable bonds is 22. The number of unbranched alkanes of at least 4 members (excludes halogenated alkanes) is 13. The molecule has 0 fully saturated rings. The van der Waals surface area contributed by atoms with Crippen LogP contribution in [-0.4, -0.2) is 24.5 Å². The molecular formula is C26H55N. The smallest absolute Gasteiger partial charge is 0.000955 e. The molecule has 0 aliphatic carbocycles. The summed E-state index contributed by atoms with van der Waals surface area (Å²) in [5.74, 6) is 0.930. The Kier molecular flexibility index (Phi) is 22.2. The van der Waals surface area contributed by atoms with Gasteiger partial charge in [0.15, 0.2) is 0 Å². The summed E-state index contributed by atoms with van der Waals surface area (Å²) >= 11 is 0. The Hall–Kier alpha value is -0.0400. The van der Waals surface area contributed by atoms with E-state index in [0.717, 1.165) is 5.92 Å². The van der Waals surface area contributed by atoms with Gasteiger partial charge < -0.3 is 4.90 Å². The molecule has 0 aromatic rings. The fourth-order valence-corrected chi connectivity index (χ4v) is 4.16. The minimum absolute atomic E-state index is 0.930. The van der Waals surface area contributed by atoms with Crippen LogP contribution < -0.4 is 0 Å². The van der Waals surface area contributed by atoms with Crippen LogP contribution in [-0.2, 0) is 0 Å². The Morgan fingerprint density at radius 1 is 0.481 bits per heavy atom. The normalized spacial score (nSPS) is 12.8. The molecule has 0 radical (unpaired) electrons. The van der Waals surface area contributed by atoms with Gasteiger partial charge in [0.1, 0.15) is 0 Å². The van der Waals surface area contributed by atoms with Crippen molar-refractivity contribution in [3.05, 3.63) is 0 Å². The maximum atomic E-state index is 2.83. The number of hydrogen-bond acceptors (Lipinski definition) is 1. The zero-order valence-corrected chi connectivity index (χ0v) is 19.9. The average molecular weight is 382 g/mol. The van der Waals surface area contributed by atoms with Crippen molar-refractivity contribution in [2.75, 3.05) is 19.6 Å². The predicted molar refractivity (Wildman–Crippen MR) is 126 cm³/mol. The Labute approximate surface area is 174 Å². The zero-order chi connectivity index (χ0) is 20.0. The van der Waals surface area contributed by atoms with E-state index in [-0.39, 0.29) is 0 Å². The predicted octanol–water partition coefficient (Wildman–Crippen LogP) is 9.01. The average Bonchev–Trinajstić information content (AvgIpc) is 2.69. The molecule has 164 valence electrons. The van der Waals surface area contributed by atoms with E-state index in [9.17, 15) is 0 Å². The monoisotopic (exact) mass is 381 g/mol. The van der Waals surface area contributed by atoms with Gasteiger partial charge in [-0.3, -0.25) is 0 Å². The molecule has 1 heteroatoms. The molecule has 0 aliphatic rings. The highest BCUT2D eigenvalue weighted by Gasteiger charge is 2.12. The second-order valence-corrected chi connectivity index (χ2v) is 8.96. The molecule has 0 aliphatic heterocycles. The summed E-state index contributed by atoms with van der Waals surface area (Å²) in [4.78, 5) is 2.83. The first kappa shape index (κ1) is 27.0. The first-order valence-electron chi connectivity index (χ1n) is 13.0. The molecule has 0 aromatic carbocycles. The third-order valence-corrected chi connectivity index (χ3v) is 6.22. The SMILES string of the molecule is CCCCCCCCCCN(CCCCCCCC)CC(CC)CCCC.